The molecular weight excluding hydrogens is 324 g/mol. The largest absolute Gasteiger partial charge is 0.497 e. The van der Waals surface area contributed by atoms with E-state index < -0.39 is 0 Å². The standard InChI is InChI=1S/C22H20N2O2/c1-26-20-9-10-21-17(13-20)8-5-11-24(21)22(25)19-12-18(14-23-15-19)16-6-3-2-4-7-16/h2-4,6-7,9-10,12-15H,5,8,11H2,1H3. The van der Waals surface area contributed by atoms with Crippen molar-refractivity contribution in [3.05, 3.63) is 78.1 Å². The Labute approximate surface area is 153 Å². The smallest absolute Gasteiger partial charge is 0.259 e. The third kappa shape index (κ3) is 3.06. The molecule has 0 N–H and O–H groups in total. The number of nitrogens with zero attached hydrogens (tertiary/aromatic N) is 2. The number of hydrogen-bond acceptors (Lipinski definition) is 3. The van der Waals surface area contributed by atoms with Gasteiger partial charge in [0.15, 0.2) is 0 Å². The normalized spacial score (nSPS) is 13.2. The van der Waals surface area contributed by atoms with Crippen LogP contribution in [0.2, 0.25) is 0 Å². The summed E-state index contributed by atoms with van der Waals surface area (Å²) >= 11 is 0. The molecule has 1 aromatic heterocycles. The molecule has 0 saturated heterocycles. The van der Waals surface area contributed by atoms with Crippen molar-refractivity contribution in [3.63, 3.8) is 0 Å². The number of pyridine rings is 1. The van der Waals surface area contributed by atoms with Crippen LogP contribution >= 0.6 is 0 Å². The van der Waals surface area contributed by atoms with Crippen molar-refractivity contribution < 1.29 is 9.53 Å². The first kappa shape index (κ1) is 16.3. The number of carbonyl (C=O) groups is 1. The van der Waals surface area contributed by atoms with Crippen LogP contribution in [0.1, 0.15) is 22.3 Å². The lowest BCUT2D eigenvalue weighted by molar-refractivity contribution is 0.0984. The van der Waals surface area contributed by atoms with E-state index in [1.807, 2.05) is 59.5 Å². The minimum atomic E-state index is -0.0126. The number of amides is 1. The molecule has 2 heterocycles. The van der Waals surface area contributed by atoms with Gasteiger partial charge in [0, 0.05) is 30.2 Å². The molecule has 0 fully saturated rings. The first-order valence-electron chi connectivity index (χ1n) is 8.75. The molecule has 0 saturated carbocycles. The van der Waals surface area contributed by atoms with Crippen LogP contribution in [0.4, 0.5) is 5.69 Å². The first-order chi connectivity index (χ1) is 12.8. The molecular formula is C22H20N2O2. The lowest BCUT2D eigenvalue weighted by Gasteiger charge is -2.30. The van der Waals surface area contributed by atoms with Crippen molar-refractivity contribution in [2.24, 2.45) is 0 Å². The van der Waals surface area contributed by atoms with Crippen LogP contribution in [0.15, 0.2) is 67.0 Å². The molecule has 0 spiro atoms. The van der Waals surface area contributed by atoms with Gasteiger partial charge in [-0.3, -0.25) is 9.78 Å². The predicted molar refractivity (Wildman–Crippen MR) is 103 cm³/mol. The fourth-order valence-electron chi connectivity index (χ4n) is 3.41. The van der Waals surface area contributed by atoms with Crippen LogP contribution in [-0.4, -0.2) is 24.5 Å². The summed E-state index contributed by atoms with van der Waals surface area (Å²) < 4.78 is 5.31. The Hall–Kier alpha value is -3.14. The van der Waals surface area contributed by atoms with E-state index in [0.29, 0.717) is 12.1 Å². The third-order valence-corrected chi connectivity index (χ3v) is 4.74. The van der Waals surface area contributed by atoms with Crippen LogP contribution in [0.25, 0.3) is 11.1 Å². The Morgan fingerprint density at radius 1 is 1.04 bits per heavy atom. The van der Waals surface area contributed by atoms with Crippen molar-refractivity contribution in [2.75, 3.05) is 18.6 Å². The van der Waals surface area contributed by atoms with E-state index in [9.17, 15) is 4.79 Å². The minimum absolute atomic E-state index is 0.0126. The van der Waals surface area contributed by atoms with Crippen molar-refractivity contribution in [2.45, 2.75) is 12.8 Å². The second kappa shape index (κ2) is 7.00. The molecule has 1 aliphatic rings. The first-order valence-corrected chi connectivity index (χ1v) is 8.75. The summed E-state index contributed by atoms with van der Waals surface area (Å²) in [5, 5.41) is 0. The van der Waals surface area contributed by atoms with E-state index in [1.165, 1.54) is 0 Å². The molecule has 4 heteroatoms. The highest BCUT2D eigenvalue weighted by atomic mass is 16.5. The van der Waals surface area contributed by atoms with E-state index in [1.54, 1.807) is 19.5 Å². The van der Waals surface area contributed by atoms with Gasteiger partial charge in [-0.25, -0.2) is 0 Å². The monoisotopic (exact) mass is 344 g/mol. The lowest BCUT2D eigenvalue weighted by Crippen LogP contribution is -2.35. The molecule has 0 bridgehead atoms. The van der Waals surface area contributed by atoms with Crippen molar-refractivity contribution >= 4 is 11.6 Å². The van der Waals surface area contributed by atoms with E-state index in [0.717, 1.165) is 41.0 Å². The van der Waals surface area contributed by atoms with E-state index >= 15 is 0 Å². The van der Waals surface area contributed by atoms with Gasteiger partial charge in [0.2, 0.25) is 0 Å². The zero-order valence-corrected chi connectivity index (χ0v) is 14.7. The summed E-state index contributed by atoms with van der Waals surface area (Å²) in [5.41, 5.74) is 4.72. The fourth-order valence-corrected chi connectivity index (χ4v) is 3.41. The second-order valence-electron chi connectivity index (χ2n) is 6.38. The van der Waals surface area contributed by atoms with Crippen LogP contribution in [0, 0.1) is 0 Å². The Balaban J connectivity index is 1.67. The van der Waals surface area contributed by atoms with Gasteiger partial charge in [-0.2, -0.15) is 0 Å². The Bertz CT molecular complexity index is 938. The number of carbonyl (C=O) groups excluding carboxylic acids is 1. The van der Waals surface area contributed by atoms with Gasteiger partial charge in [-0.05, 0) is 48.2 Å². The van der Waals surface area contributed by atoms with Gasteiger partial charge >= 0.3 is 0 Å². The number of fused-ring (bicyclic) bond motifs is 1. The summed E-state index contributed by atoms with van der Waals surface area (Å²) in [5.74, 6) is 0.812. The number of hydrogen-bond donors (Lipinski definition) is 0. The van der Waals surface area contributed by atoms with Gasteiger partial charge in [0.05, 0.1) is 12.7 Å². The van der Waals surface area contributed by atoms with Gasteiger partial charge in [0.25, 0.3) is 5.91 Å². The molecule has 0 atom stereocenters. The van der Waals surface area contributed by atoms with E-state index in [-0.39, 0.29) is 5.91 Å². The summed E-state index contributed by atoms with van der Waals surface area (Å²) in [4.78, 5) is 19.3. The SMILES string of the molecule is COc1ccc2c(c1)CCCN2C(=O)c1cncc(-c2ccccc2)c1. The molecule has 130 valence electrons. The maximum atomic E-state index is 13.2. The molecule has 1 amide bonds. The predicted octanol–water partition coefficient (Wildman–Crippen LogP) is 4.35. The second-order valence-corrected chi connectivity index (χ2v) is 6.38. The molecule has 0 radical (unpaired) electrons. The van der Waals surface area contributed by atoms with Crippen molar-refractivity contribution in [1.82, 2.24) is 4.98 Å². The molecule has 1 aliphatic heterocycles. The molecule has 3 aromatic rings. The number of ether oxygens (including phenoxy) is 1. The highest BCUT2D eigenvalue weighted by molar-refractivity contribution is 6.07. The van der Waals surface area contributed by atoms with E-state index in [2.05, 4.69) is 4.98 Å². The van der Waals surface area contributed by atoms with Crippen LogP contribution < -0.4 is 9.64 Å². The topological polar surface area (TPSA) is 42.4 Å². The number of anilines is 1. The molecule has 0 unspecified atom stereocenters. The van der Waals surface area contributed by atoms with Gasteiger partial charge in [-0.1, -0.05) is 30.3 Å². The lowest BCUT2D eigenvalue weighted by atomic mass is 10.00. The Morgan fingerprint density at radius 2 is 1.88 bits per heavy atom. The number of aromatic nitrogens is 1. The van der Waals surface area contributed by atoms with Crippen molar-refractivity contribution in [1.29, 1.82) is 0 Å². The van der Waals surface area contributed by atoms with Gasteiger partial charge < -0.3 is 9.64 Å². The summed E-state index contributed by atoms with van der Waals surface area (Å²) in [6.45, 7) is 0.716. The maximum absolute atomic E-state index is 13.2. The summed E-state index contributed by atoms with van der Waals surface area (Å²) in [6.07, 6.45) is 5.34. The average molecular weight is 344 g/mol. The quantitative estimate of drug-likeness (QED) is 0.709. The third-order valence-electron chi connectivity index (χ3n) is 4.74. The maximum Gasteiger partial charge on any atom is 0.259 e. The van der Waals surface area contributed by atoms with Gasteiger partial charge in [-0.15, -0.1) is 0 Å². The van der Waals surface area contributed by atoms with Crippen LogP contribution in [0.5, 0.6) is 5.75 Å². The number of methoxy groups -OCH3 is 1. The molecule has 4 nitrogen and oxygen atoms in total. The molecule has 0 aliphatic carbocycles. The molecule has 4 rings (SSSR count). The summed E-state index contributed by atoms with van der Waals surface area (Å²) in [7, 11) is 1.66. The van der Waals surface area contributed by atoms with E-state index in [4.69, 9.17) is 4.74 Å². The molecule has 26 heavy (non-hydrogen) atoms. The van der Waals surface area contributed by atoms with Crippen LogP contribution in [-0.2, 0) is 6.42 Å². The number of aryl methyl sites for hydroxylation is 1. The average Bonchev–Trinajstić information content (AvgIpc) is 2.73. The zero-order chi connectivity index (χ0) is 17.9. The highest BCUT2D eigenvalue weighted by Crippen LogP contribution is 2.32. The van der Waals surface area contributed by atoms with Gasteiger partial charge in [0.1, 0.15) is 5.75 Å². The summed E-state index contributed by atoms with van der Waals surface area (Å²) in [6, 6.07) is 17.8. The molecule has 2 aromatic carbocycles. The fraction of sp³-hybridized carbons (Fsp3) is 0.182. The Kier molecular flexibility index (Phi) is 4.40. The number of benzene rings is 2. The van der Waals surface area contributed by atoms with Crippen LogP contribution in [0.3, 0.4) is 0 Å². The minimum Gasteiger partial charge on any atom is -0.497 e. The number of rotatable bonds is 3. The Morgan fingerprint density at radius 3 is 2.69 bits per heavy atom. The highest BCUT2D eigenvalue weighted by Gasteiger charge is 2.24. The van der Waals surface area contributed by atoms with Crippen molar-refractivity contribution in [3.8, 4) is 16.9 Å². The zero-order valence-electron chi connectivity index (χ0n) is 14.7.